The van der Waals surface area contributed by atoms with Crippen LogP contribution in [0.25, 0.3) is 6.08 Å². The SMILES string of the molecule is CC1=C(NOC[C@H](C)CN(C)C)C(=Cc2ccccc2)CCC1. The second-order valence-corrected chi connectivity index (χ2v) is 6.87. The molecule has 1 N–H and O–H groups in total. The van der Waals surface area contributed by atoms with E-state index in [9.17, 15) is 0 Å². The molecule has 0 bridgehead atoms. The van der Waals surface area contributed by atoms with Crippen molar-refractivity contribution in [3.8, 4) is 0 Å². The fourth-order valence-electron chi connectivity index (χ4n) is 3.05. The van der Waals surface area contributed by atoms with Crippen molar-refractivity contribution in [2.75, 3.05) is 27.2 Å². The van der Waals surface area contributed by atoms with Gasteiger partial charge in [-0.25, -0.2) is 0 Å². The van der Waals surface area contributed by atoms with E-state index in [4.69, 9.17) is 4.84 Å². The molecule has 1 aliphatic rings. The van der Waals surface area contributed by atoms with E-state index < -0.39 is 0 Å². The predicted molar refractivity (Wildman–Crippen MR) is 97.8 cm³/mol. The Morgan fingerprint density at radius 1 is 1.22 bits per heavy atom. The Morgan fingerprint density at radius 2 is 1.96 bits per heavy atom. The first kappa shape index (κ1) is 17.8. The Kier molecular flexibility index (Phi) is 6.87. The van der Waals surface area contributed by atoms with Gasteiger partial charge in [0.1, 0.15) is 0 Å². The Morgan fingerprint density at radius 3 is 2.65 bits per heavy atom. The summed E-state index contributed by atoms with van der Waals surface area (Å²) in [6.07, 6.45) is 5.74. The van der Waals surface area contributed by atoms with Gasteiger partial charge in [-0.3, -0.25) is 10.3 Å². The molecule has 23 heavy (non-hydrogen) atoms. The van der Waals surface area contributed by atoms with E-state index >= 15 is 0 Å². The zero-order chi connectivity index (χ0) is 16.7. The summed E-state index contributed by atoms with van der Waals surface area (Å²) in [7, 11) is 4.19. The van der Waals surface area contributed by atoms with Crippen molar-refractivity contribution in [3.63, 3.8) is 0 Å². The van der Waals surface area contributed by atoms with Crippen molar-refractivity contribution in [2.24, 2.45) is 5.92 Å². The van der Waals surface area contributed by atoms with Gasteiger partial charge in [0, 0.05) is 6.54 Å². The first-order valence-corrected chi connectivity index (χ1v) is 8.54. The summed E-state index contributed by atoms with van der Waals surface area (Å²) in [4.78, 5) is 7.99. The van der Waals surface area contributed by atoms with Crippen LogP contribution in [0.1, 0.15) is 38.7 Å². The van der Waals surface area contributed by atoms with E-state index in [1.807, 2.05) is 0 Å². The minimum Gasteiger partial charge on any atom is -0.309 e. The van der Waals surface area contributed by atoms with Gasteiger partial charge < -0.3 is 4.90 Å². The molecule has 0 amide bonds. The van der Waals surface area contributed by atoms with Crippen LogP contribution in [0.15, 0.2) is 47.2 Å². The topological polar surface area (TPSA) is 24.5 Å². The summed E-state index contributed by atoms with van der Waals surface area (Å²) in [6, 6.07) is 10.5. The van der Waals surface area contributed by atoms with Crippen LogP contribution in [0.5, 0.6) is 0 Å². The molecule has 1 aliphatic carbocycles. The highest BCUT2D eigenvalue weighted by atomic mass is 16.6. The molecular formula is C20H30N2O. The van der Waals surface area contributed by atoms with Gasteiger partial charge in [0.2, 0.25) is 0 Å². The summed E-state index contributed by atoms with van der Waals surface area (Å²) in [5, 5.41) is 0. The number of hydroxylamine groups is 1. The molecule has 0 aromatic heterocycles. The van der Waals surface area contributed by atoms with Gasteiger partial charge in [-0.15, -0.1) is 0 Å². The van der Waals surface area contributed by atoms with Crippen molar-refractivity contribution in [1.29, 1.82) is 0 Å². The fraction of sp³-hybridized carbons (Fsp3) is 0.500. The third-order valence-corrected chi connectivity index (χ3v) is 4.11. The summed E-state index contributed by atoms with van der Waals surface area (Å²) in [5.74, 6) is 0.503. The van der Waals surface area contributed by atoms with Crippen LogP contribution in [-0.4, -0.2) is 32.1 Å². The summed E-state index contributed by atoms with van der Waals surface area (Å²) in [6.45, 7) is 6.16. The van der Waals surface area contributed by atoms with E-state index in [1.54, 1.807) is 0 Å². The third kappa shape index (κ3) is 5.85. The van der Waals surface area contributed by atoms with Crippen LogP contribution in [0.2, 0.25) is 0 Å². The molecule has 0 unspecified atom stereocenters. The van der Waals surface area contributed by atoms with Crippen molar-refractivity contribution in [3.05, 3.63) is 52.7 Å². The standard InChI is InChI=1S/C20H30N2O/c1-16(14-22(3)4)15-23-21-20-17(2)9-8-12-19(20)13-18-10-6-5-7-11-18/h5-7,10-11,13,16,21H,8-9,12,14-15H2,1-4H3/t16-/m1/s1. The van der Waals surface area contributed by atoms with Crippen molar-refractivity contribution < 1.29 is 4.84 Å². The highest BCUT2D eigenvalue weighted by molar-refractivity contribution is 5.59. The number of hydrogen-bond acceptors (Lipinski definition) is 3. The Bertz CT molecular complexity index is 546. The van der Waals surface area contributed by atoms with E-state index in [-0.39, 0.29) is 0 Å². The maximum absolute atomic E-state index is 5.80. The smallest absolute Gasteiger partial charge is 0.0783 e. The lowest BCUT2D eigenvalue weighted by molar-refractivity contribution is 0.0344. The van der Waals surface area contributed by atoms with Crippen LogP contribution in [0.3, 0.4) is 0 Å². The molecule has 0 radical (unpaired) electrons. The lowest BCUT2D eigenvalue weighted by atomic mass is 9.91. The molecule has 0 saturated heterocycles. The normalized spacial score (nSPS) is 18.6. The molecule has 3 heteroatoms. The highest BCUT2D eigenvalue weighted by Crippen LogP contribution is 2.29. The van der Waals surface area contributed by atoms with Crippen LogP contribution in [0.4, 0.5) is 0 Å². The molecule has 126 valence electrons. The van der Waals surface area contributed by atoms with Crippen molar-refractivity contribution in [1.82, 2.24) is 10.4 Å². The maximum Gasteiger partial charge on any atom is 0.0783 e. The first-order chi connectivity index (χ1) is 11.1. The van der Waals surface area contributed by atoms with E-state index in [0.717, 1.165) is 19.4 Å². The molecule has 0 spiro atoms. The third-order valence-electron chi connectivity index (χ3n) is 4.11. The Balaban J connectivity index is 2.00. The lowest BCUT2D eigenvalue weighted by Crippen LogP contribution is -2.27. The first-order valence-electron chi connectivity index (χ1n) is 8.54. The number of rotatable bonds is 7. The van der Waals surface area contributed by atoms with Crippen LogP contribution in [-0.2, 0) is 4.84 Å². The number of nitrogens with one attached hydrogen (secondary N) is 1. The van der Waals surface area contributed by atoms with Crippen LogP contribution >= 0.6 is 0 Å². The summed E-state index contributed by atoms with van der Waals surface area (Å²) < 4.78 is 0. The zero-order valence-electron chi connectivity index (χ0n) is 14.9. The summed E-state index contributed by atoms with van der Waals surface area (Å²) >= 11 is 0. The second-order valence-electron chi connectivity index (χ2n) is 6.87. The quantitative estimate of drug-likeness (QED) is 0.762. The average molecular weight is 314 g/mol. The largest absolute Gasteiger partial charge is 0.309 e. The molecule has 3 nitrogen and oxygen atoms in total. The zero-order valence-corrected chi connectivity index (χ0v) is 14.9. The van der Waals surface area contributed by atoms with Gasteiger partial charge in [0.15, 0.2) is 0 Å². The van der Waals surface area contributed by atoms with Gasteiger partial charge in [-0.1, -0.05) is 37.3 Å². The number of benzene rings is 1. The monoisotopic (exact) mass is 314 g/mol. The van der Waals surface area contributed by atoms with Crippen molar-refractivity contribution in [2.45, 2.75) is 33.1 Å². The molecule has 0 saturated carbocycles. The molecule has 0 fully saturated rings. The molecule has 1 aromatic rings. The second kappa shape index (κ2) is 8.90. The van der Waals surface area contributed by atoms with Gasteiger partial charge >= 0.3 is 0 Å². The molecule has 2 rings (SSSR count). The predicted octanol–water partition coefficient (Wildman–Crippen LogP) is 4.25. The molecule has 1 atom stereocenters. The summed E-state index contributed by atoms with van der Waals surface area (Å²) in [5.41, 5.74) is 8.40. The minimum absolute atomic E-state index is 0.503. The molecular weight excluding hydrogens is 284 g/mol. The Hall–Kier alpha value is -1.58. The molecule has 0 aliphatic heterocycles. The van der Waals surface area contributed by atoms with Gasteiger partial charge in [-0.05, 0) is 69.0 Å². The van der Waals surface area contributed by atoms with E-state index in [1.165, 1.54) is 28.8 Å². The minimum atomic E-state index is 0.503. The van der Waals surface area contributed by atoms with Gasteiger partial charge in [0.25, 0.3) is 0 Å². The van der Waals surface area contributed by atoms with Crippen LogP contribution < -0.4 is 5.48 Å². The number of hydrogen-bond donors (Lipinski definition) is 1. The highest BCUT2D eigenvalue weighted by Gasteiger charge is 2.15. The molecule has 1 aromatic carbocycles. The van der Waals surface area contributed by atoms with E-state index in [2.05, 4.69) is 74.7 Å². The van der Waals surface area contributed by atoms with Gasteiger partial charge in [-0.2, -0.15) is 0 Å². The lowest BCUT2D eigenvalue weighted by Gasteiger charge is -2.24. The van der Waals surface area contributed by atoms with Crippen molar-refractivity contribution >= 4 is 6.08 Å². The number of allylic oxidation sites excluding steroid dienone is 2. The fourth-order valence-corrected chi connectivity index (χ4v) is 3.05. The van der Waals surface area contributed by atoms with E-state index in [0.29, 0.717) is 12.5 Å². The Labute approximate surface area is 141 Å². The number of nitrogens with zero attached hydrogens (tertiary/aromatic N) is 1. The van der Waals surface area contributed by atoms with Gasteiger partial charge in [0.05, 0.1) is 12.3 Å². The maximum atomic E-state index is 5.80. The average Bonchev–Trinajstić information content (AvgIpc) is 2.50. The molecule has 0 heterocycles. The van der Waals surface area contributed by atoms with Crippen LogP contribution in [0, 0.1) is 5.92 Å².